The lowest BCUT2D eigenvalue weighted by atomic mass is 10.1. The van der Waals surface area contributed by atoms with Crippen LogP contribution in [0.25, 0.3) is 0 Å². The number of hydrogen-bond donors (Lipinski definition) is 0. The zero-order valence-corrected chi connectivity index (χ0v) is 7.67. The van der Waals surface area contributed by atoms with E-state index >= 15 is 0 Å². The predicted octanol–water partition coefficient (Wildman–Crippen LogP) is 3.44. The van der Waals surface area contributed by atoms with Gasteiger partial charge in [0.2, 0.25) is 0 Å². The summed E-state index contributed by atoms with van der Waals surface area (Å²) in [6.07, 6.45) is -4.29. The maximum Gasteiger partial charge on any atom is 0.416 e. The second-order valence-corrected chi connectivity index (χ2v) is 3.25. The Morgan fingerprint density at radius 3 is 2.38 bits per heavy atom. The van der Waals surface area contributed by atoms with Crippen molar-refractivity contribution in [1.29, 1.82) is 0 Å². The van der Waals surface area contributed by atoms with Gasteiger partial charge in [0.1, 0.15) is 0 Å². The topological polar surface area (TPSA) is 0 Å². The Morgan fingerprint density at radius 1 is 1.31 bits per heavy atom. The van der Waals surface area contributed by atoms with E-state index < -0.39 is 11.7 Å². The molecule has 0 saturated carbocycles. The predicted molar refractivity (Wildman–Crippen MR) is 48.8 cm³/mol. The van der Waals surface area contributed by atoms with Crippen LogP contribution in [-0.2, 0) is 6.18 Å². The standard InChI is InChI=1S/C9H7F3S/c1-6(13)7-3-2-4-8(5-7)9(10,11)12/h2-5H,1H3. The van der Waals surface area contributed by atoms with E-state index in [1.54, 1.807) is 13.0 Å². The molecule has 0 aliphatic heterocycles. The first kappa shape index (κ1) is 10.2. The minimum absolute atomic E-state index is 0.449. The largest absolute Gasteiger partial charge is 0.416 e. The lowest BCUT2D eigenvalue weighted by molar-refractivity contribution is -0.137. The molecule has 0 aromatic heterocycles. The smallest absolute Gasteiger partial charge is 0.166 e. The fourth-order valence-corrected chi connectivity index (χ4v) is 1.04. The third-order valence-electron chi connectivity index (χ3n) is 1.60. The number of halogens is 3. The lowest BCUT2D eigenvalue weighted by Gasteiger charge is -2.07. The van der Waals surface area contributed by atoms with Gasteiger partial charge in [-0.05, 0) is 24.6 Å². The maximum atomic E-state index is 12.2. The number of hydrogen-bond acceptors (Lipinski definition) is 1. The first-order valence-corrected chi connectivity index (χ1v) is 4.00. The van der Waals surface area contributed by atoms with Gasteiger partial charge in [-0.3, -0.25) is 0 Å². The van der Waals surface area contributed by atoms with Gasteiger partial charge in [0, 0.05) is 4.86 Å². The Bertz CT molecular complexity index is 328. The first-order chi connectivity index (χ1) is 5.91. The Kier molecular flexibility index (Phi) is 2.71. The van der Waals surface area contributed by atoms with Gasteiger partial charge in [0.15, 0.2) is 0 Å². The minimum Gasteiger partial charge on any atom is -0.166 e. The van der Waals surface area contributed by atoms with Crippen LogP contribution in [0.5, 0.6) is 0 Å². The molecule has 4 heteroatoms. The molecule has 0 spiro atoms. The van der Waals surface area contributed by atoms with Crippen molar-refractivity contribution in [2.75, 3.05) is 0 Å². The average molecular weight is 204 g/mol. The quantitative estimate of drug-likeness (QED) is 0.498. The Labute approximate surface area is 79.4 Å². The lowest BCUT2D eigenvalue weighted by Crippen LogP contribution is -2.05. The highest BCUT2D eigenvalue weighted by atomic mass is 32.1. The molecule has 0 fully saturated rings. The molecule has 1 aromatic rings. The summed E-state index contributed by atoms with van der Waals surface area (Å²) in [5.74, 6) is 0. The molecule has 0 unspecified atom stereocenters. The molecule has 13 heavy (non-hydrogen) atoms. The minimum atomic E-state index is -4.29. The molecule has 1 rings (SSSR count). The van der Waals surface area contributed by atoms with Gasteiger partial charge in [-0.15, -0.1) is 0 Å². The molecule has 0 aliphatic rings. The van der Waals surface area contributed by atoms with Crippen molar-refractivity contribution < 1.29 is 13.2 Å². The van der Waals surface area contributed by atoms with Gasteiger partial charge < -0.3 is 0 Å². The highest BCUT2D eigenvalue weighted by Gasteiger charge is 2.30. The summed E-state index contributed by atoms with van der Waals surface area (Å²) >= 11 is 4.78. The highest BCUT2D eigenvalue weighted by molar-refractivity contribution is 7.80. The van der Waals surface area contributed by atoms with E-state index in [2.05, 4.69) is 0 Å². The number of alkyl halides is 3. The van der Waals surface area contributed by atoms with Gasteiger partial charge in [0.25, 0.3) is 0 Å². The van der Waals surface area contributed by atoms with Crippen molar-refractivity contribution in [2.24, 2.45) is 0 Å². The van der Waals surface area contributed by atoms with Crippen molar-refractivity contribution in [3.05, 3.63) is 35.4 Å². The summed E-state index contributed by atoms with van der Waals surface area (Å²) in [7, 11) is 0. The molecule has 0 amide bonds. The molecular formula is C9H7F3S. The summed E-state index contributed by atoms with van der Waals surface area (Å²) in [4.78, 5) is 0.464. The van der Waals surface area contributed by atoms with E-state index in [9.17, 15) is 13.2 Å². The maximum absolute atomic E-state index is 12.2. The van der Waals surface area contributed by atoms with E-state index in [1.807, 2.05) is 0 Å². The van der Waals surface area contributed by atoms with Gasteiger partial charge in [-0.25, -0.2) is 0 Å². The van der Waals surface area contributed by atoms with E-state index in [1.165, 1.54) is 6.07 Å². The second kappa shape index (κ2) is 3.46. The van der Waals surface area contributed by atoms with Crippen LogP contribution in [0.1, 0.15) is 18.1 Å². The number of benzene rings is 1. The van der Waals surface area contributed by atoms with Crippen LogP contribution >= 0.6 is 12.2 Å². The molecular weight excluding hydrogens is 197 g/mol. The monoisotopic (exact) mass is 204 g/mol. The van der Waals surface area contributed by atoms with Crippen molar-refractivity contribution in [2.45, 2.75) is 13.1 Å². The van der Waals surface area contributed by atoms with Crippen LogP contribution in [-0.4, -0.2) is 4.86 Å². The SMILES string of the molecule is CC(=S)c1cccc(C(F)(F)F)c1. The van der Waals surface area contributed by atoms with E-state index in [0.717, 1.165) is 12.1 Å². The number of thiocarbonyl (C=S) groups is 1. The summed E-state index contributed by atoms with van der Waals surface area (Å²) in [6, 6.07) is 5.01. The van der Waals surface area contributed by atoms with Crippen molar-refractivity contribution in [3.63, 3.8) is 0 Å². The van der Waals surface area contributed by atoms with Crippen molar-refractivity contribution in [3.8, 4) is 0 Å². The molecule has 0 aliphatic carbocycles. The normalized spacial score (nSPS) is 11.4. The fraction of sp³-hybridized carbons (Fsp3) is 0.222. The fourth-order valence-electron chi connectivity index (χ4n) is 0.915. The molecule has 0 radical (unpaired) electrons. The van der Waals surface area contributed by atoms with Crippen LogP contribution in [0.3, 0.4) is 0 Å². The summed E-state index contributed by atoms with van der Waals surface area (Å²) in [5.41, 5.74) is -0.209. The summed E-state index contributed by atoms with van der Waals surface area (Å²) < 4.78 is 36.6. The molecule has 0 N–H and O–H groups in total. The Hall–Kier alpha value is -0.900. The van der Waals surface area contributed by atoms with Crippen LogP contribution in [0.15, 0.2) is 24.3 Å². The highest BCUT2D eigenvalue weighted by Crippen LogP contribution is 2.29. The molecule has 0 bridgehead atoms. The van der Waals surface area contributed by atoms with Crippen LogP contribution in [0.4, 0.5) is 13.2 Å². The molecule has 70 valence electrons. The third kappa shape index (κ3) is 2.52. The van der Waals surface area contributed by atoms with Gasteiger partial charge in [-0.1, -0.05) is 24.4 Å². The van der Waals surface area contributed by atoms with E-state index in [-0.39, 0.29) is 0 Å². The van der Waals surface area contributed by atoms with Gasteiger partial charge in [-0.2, -0.15) is 13.2 Å². The number of rotatable bonds is 1. The Balaban J connectivity index is 3.13. The van der Waals surface area contributed by atoms with E-state index in [0.29, 0.717) is 10.4 Å². The van der Waals surface area contributed by atoms with E-state index in [4.69, 9.17) is 12.2 Å². The molecule has 1 aromatic carbocycles. The summed E-state index contributed by atoms with van der Waals surface area (Å²) in [6.45, 7) is 1.60. The van der Waals surface area contributed by atoms with Gasteiger partial charge in [0.05, 0.1) is 5.56 Å². The second-order valence-electron chi connectivity index (χ2n) is 2.63. The molecule has 0 atom stereocenters. The summed E-state index contributed by atoms with van der Waals surface area (Å²) in [5, 5.41) is 0. The molecule has 0 nitrogen and oxygen atoms in total. The average Bonchev–Trinajstić information content (AvgIpc) is 2.03. The third-order valence-corrected chi connectivity index (χ3v) is 1.83. The van der Waals surface area contributed by atoms with Crippen molar-refractivity contribution in [1.82, 2.24) is 0 Å². The first-order valence-electron chi connectivity index (χ1n) is 3.59. The van der Waals surface area contributed by atoms with Crippen molar-refractivity contribution >= 4 is 17.1 Å². The van der Waals surface area contributed by atoms with Crippen LogP contribution in [0, 0.1) is 0 Å². The van der Waals surface area contributed by atoms with Crippen LogP contribution < -0.4 is 0 Å². The molecule has 0 heterocycles. The Morgan fingerprint density at radius 2 is 1.92 bits per heavy atom. The van der Waals surface area contributed by atoms with Gasteiger partial charge >= 0.3 is 6.18 Å². The van der Waals surface area contributed by atoms with Crippen LogP contribution in [0.2, 0.25) is 0 Å². The zero-order chi connectivity index (χ0) is 10.1. The molecule has 0 saturated heterocycles. The zero-order valence-electron chi connectivity index (χ0n) is 6.85.